The molecule has 0 aliphatic heterocycles. The molecular formula is C21H42N2O4. The number of hydrogen-bond acceptors (Lipinski definition) is 4. The Labute approximate surface area is 165 Å². The summed E-state index contributed by atoms with van der Waals surface area (Å²) < 4.78 is 0. The lowest BCUT2D eigenvalue weighted by Gasteiger charge is -2.12. The summed E-state index contributed by atoms with van der Waals surface area (Å²) in [6.07, 6.45) is 18.8. The smallest absolute Gasteiger partial charge is 0.318 e. The Hall–Kier alpha value is -1.14. The van der Waals surface area contributed by atoms with Crippen molar-refractivity contribution < 1.29 is 19.8 Å². The molecule has 0 aliphatic rings. The second-order valence-electron chi connectivity index (χ2n) is 7.55. The van der Waals surface area contributed by atoms with Gasteiger partial charge < -0.3 is 15.9 Å². The molecule has 0 spiro atoms. The molecule has 3 amide bonds. The number of carbonyl (C=O) groups is 2. The van der Waals surface area contributed by atoms with Crippen molar-refractivity contribution in [2.24, 2.45) is 11.7 Å². The van der Waals surface area contributed by atoms with E-state index in [0.29, 0.717) is 13.0 Å². The third-order valence-corrected chi connectivity index (χ3v) is 5.05. The standard InChI is InChI=1S/C21H42N2O4/c22-21(27)23-20(26)19(18-25)16-14-12-10-8-6-4-2-1-3-5-7-9-11-13-15-17-24/h19,24-25H,1-18H2,(H3,22,23,26,27). The molecule has 0 fully saturated rings. The summed E-state index contributed by atoms with van der Waals surface area (Å²) in [5, 5.41) is 20.0. The molecular weight excluding hydrogens is 344 g/mol. The van der Waals surface area contributed by atoms with Gasteiger partial charge in [-0.3, -0.25) is 10.1 Å². The van der Waals surface area contributed by atoms with Gasteiger partial charge in [0.15, 0.2) is 0 Å². The Kier molecular flexibility index (Phi) is 18.8. The average molecular weight is 387 g/mol. The molecule has 0 aromatic heterocycles. The van der Waals surface area contributed by atoms with E-state index in [1.165, 1.54) is 64.2 Å². The molecule has 5 N–H and O–H groups in total. The molecule has 0 aromatic carbocycles. The number of nitrogens with one attached hydrogen (secondary N) is 1. The Morgan fingerprint density at radius 3 is 1.37 bits per heavy atom. The van der Waals surface area contributed by atoms with Crippen LogP contribution in [-0.4, -0.2) is 35.4 Å². The Balaban J connectivity index is 3.30. The number of aliphatic hydroxyl groups is 2. The number of carbonyl (C=O) groups excluding carboxylic acids is 2. The summed E-state index contributed by atoms with van der Waals surface area (Å²) in [5.74, 6) is -1.01. The highest BCUT2D eigenvalue weighted by Crippen LogP contribution is 2.15. The molecule has 160 valence electrons. The minimum Gasteiger partial charge on any atom is -0.396 e. The number of unbranched alkanes of at least 4 members (excludes halogenated alkanes) is 14. The first-order valence-electron chi connectivity index (χ1n) is 10.9. The van der Waals surface area contributed by atoms with Crippen LogP contribution in [0.25, 0.3) is 0 Å². The summed E-state index contributed by atoms with van der Waals surface area (Å²) in [5.41, 5.74) is 4.92. The lowest BCUT2D eigenvalue weighted by atomic mass is 9.99. The molecule has 0 aromatic rings. The topological polar surface area (TPSA) is 113 Å². The van der Waals surface area contributed by atoms with Gasteiger partial charge in [-0.25, -0.2) is 4.79 Å². The molecule has 0 bridgehead atoms. The van der Waals surface area contributed by atoms with Crippen LogP contribution in [0.1, 0.15) is 103 Å². The number of hydrogen-bond donors (Lipinski definition) is 4. The van der Waals surface area contributed by atoms with E-state index in [0.717, 1.165) is 32.1 Å². The van der Waals surface area contributed by atoms with Crippen molar-refractivity contribution in [2.75, 3.05) is 13.2 Å². The van der Waals surface area contributed by atoms with Gasteiger partial charge in [0, 0.05) is 6.61 Å². The van der Waals surface area contributed by atoms with Crippen molar-refractivity contribution >= 4 is 11.9 Å². The van der Waals surface area contributed by atoms with E-state index in [1.807, 2.05) is 5.32 Å². The van der Waals surface area contributed by atoms with Crippen LogP contribution in [0.4, 0.5) is 4.79 Å². The maximum atomic E-state index is 11.6. The van der Waals surface area contributed by atoms with Crippen molar-refractivity contribution in [3.63, 3.8) is 0 Å². The normalized spacial score (nSPS) is 12.1. The fourth-order valence-electron chi connectivity index (χ4n) is 3.33. The molecule has 0 heterocycles. The first kappa shape index (κ1) is 25.9. The molecule has 6 heteroatoms. The van der Waals surface area contributed by atoms with Crippen LogP contribution in [0.15, 0.2) is 0 Å². The first-order valence-corrected chi connectivity index (χ1v) is 10.9. The summed E-state index contributed by atoms with van der Waals surface area (Å²) in [6.45, 7) is 0.0824. The van der Waals surface area contributed by atoms with Crippen molar-refractivity contribution in [3.8, 4) is 0 Å². The van der Waals surface area contributed by atoms with E-state index < -0.39 is 17.9 Å². The van der Waals surface area contributed by atoms with Crippen LogP contribution in [0.2, 0.25) is 0 Å². The molecule has 0 radical (unpaired) electrons. The van der Waals surface area contributed by atoms with Crippen LogP contribution < -0.4 is 11.1 Å². The number of urea groups is 1. The number of imide groups is 1. The van der Waals surface area contributed by atoms with E-state index in [2.05, 4.69) is 0 Å². The number of primary amides is 1. The zero-order chi connectivity index (χ0) is 20.2. The van der Waals surface area contributed by atoms with Crippen LogP contribution in [0.3, 0.4) is 0 Å². The van der Waals surface area contributed by atoms with Crippen molar-refractivity contribution in [3.05, 3.63) is 0 Å². The molecule has 1 atom stereocenters. The SMILES string of the molecule is NC(=O)NC(=O)C(CO)CCCCCCCCCCCCCCCCCO. The predicted octanol–water partition coefficient (Wildman–Crippen LogP) is 4.02. The maximum Gasteiger partial charge on any atom is 0.318 e. The molecule has 0 saturated heterocycles. The Morgan fingerprint density at radius 1 is 0.667 bits per heavy atom. The van der Waals surface area contributed by atoms with E-state index in [-0.39, 0.29) is 6.61 Å². The van der Waals surface area contributed by atoms with Crippen LogP contribution in [-0.2, 0) is 4.79 Å². The number of nitrogens with two attached hydrogens (primary N) is 1. The number of amides is 3. The lowest BCUT2D eigenvalue weighted by Crippen LogP contribution is -2.40. The van der Waals surface area contributed by atoms with Crippen LogP contribution in [0.5, 0.6) is 0 Å². The highest BCUT2D eigenvalue weighted by molar-refractivity contribution is 5.94. The quantitative estimate of drug-likeness (QED) is 0.251. The summed E-state index contributed by atoms with van der Waals surface area (Å²) >= 11 is 0. The molecule has 27 heavy (non-hydrogen) atoms. The van der Waals surface area contributed by atoms with Gasteiger partial charge in [0.2, 0.25) is 5.91 Å². The van der Waals surface area contributed by atoms with E-state index in [9.17, 15) is 14.7 Å². The minimum absolute atomic E-state index is 0.248. The van der Waals surface area contributed by atoms with Gasteiger partial charge in [0.25, 0.3) is 0 Å². The minimum atomic E-state index is -0.864. The fourth-order valence-corrected chi connectivity index (χ4v) is 3.33. The highest BCUT2D eigenvalue weighted by atomic mass is 16.3. The van der Waals surface area contributed by atoms with Crippen LogP contribution in [0, 0.1) is 5.92 Å². The van der Waals surface area contributed by atoms with Gasteiger partial charge in [-0.1, -0.05) is 89.9 Å². The van der Waals surface area contributed by atoms with E-state index in [1.54, 1.807) is 0 Å². The molecule has 0 saturated carbocycles. The number of rotatable bonds is 19. The van der Waals surface area contributed by atoms with Gasteiger partial charge in [-0.2, -0.15) is 0 Å². The van der Waals surface area contributed by atoms with Gasteiger partial charge in [0.1, 0.15) is 0 Å². The van der Waals surface area contributed by atoms with Gasteiger partial charge in [-0.05, 0) is 12.8 Å². The molecule has 0 aliphatic carbocycles. The zero-order valence-corrected chi connectivity index (χ0v) is 17.1. The summed E-state index contributed by atoms with van der Waals surface area (Å²) in [4.78, 5) is 22.2. The zero-order valence-electron chi connectivity index (χ0n) is 17.1. The van der Waals surface area contributed by atoms with Crippen molar-refractivity contribution in [1.82, 2.24) is 5.32 Å². The monoisotopic (exact) mass is 386 g/mol. The van der Waals surface area contributed by atoms with Crippen molar-refractivity contribution in [1.29, 1.82) is 0 Å². The first-order chi connectivity index (χ1) is 13.1. The summed E-state index contributed by atoms with van der Waals surface area (Å²) in [6, 6.07) is -0.864. The fraction of sp³-hybridized carbons (Fsp3) is 0.905. The van der Waals surface area contributed by atoms with Gasteiger partial charge >= 0.3 is 6.03 Å². The predicted molar refractivity (Wildman–Crippen MR) is 109 cm³/mol. The molecule has 0 rings (SSSR count). The highest BCUT2D eigenvalue weighted by Gasteiger charge is 2.18. The van der Waals surface area contributed by atoms with Gasteiger partial charge in [0.05, 0.1) is 12.5 Å². The molecule has 1 unspecified atom stereocenters. The average Bonchev–Trinajstić information content (AvgIpc) is 2.63. The third-order valence-electron chi connectivity index (χ3n) is 5.05. The summed E-state index contributed by atoms with van der Waals surface area (Å²) in [7, 11) is 0. The van der Waals surface area contributed by atoms with E-state index in [4.69, 9.17) is 10.8 Å². The van der Waals surface area contributed by atoms with Crippen LogP contribution >= 0.6 is 0 Å². The van der Waals surface area contributed by atoms with Gasteiger partial charge in [-0.15, -0.1) is 0 Å². The number of aliphatic hydroxyl groups excluding tert-OH is 2. The second-order valence-corrected chi connectivity index (χ2v) is 7.55. The maximum absolute atomic E-state index is 11.6. The van der Waals surface area contributed by atoms with Crippen molar-refractivity contribution in [2.45, 2.75) is 103 Å². The lowest BCUT2D eigenvalue weighted by molar-refractivity contribution is -0.125. The largest absolute Gasteiger partial charge is 0.396 e. The Bertz CT molecular complexity index is 364. The Morgan fingerprint density at radius 2 is 1.04 bits per heavy atom. The third kappa shape index (κ3) is 18.0. The second kappa shape index (κ2) is 19.6. The molecule has 6 nitrogen and oxygen atoms in total. The van der Waals surface area contributed by atoms with E-state index >= 15 is 0 Å².